The third kappa shape index (κ3) is 4.70. The molecule has 0 heterocycles. The minimum absolute atomic E-state index is 0.0306. The van der Waals surface area contributed by atoms with Crippen molar-refractivity contribution in [2.45, 2.75) is 38.1 Å². The Labute approximate surface area is 159 Å². The lowest BCUT2D eigenvalue weighted by atomic mass is 9.87. The van der Waals surface area contributed by atoms with Crippen molar-refractivity contribution in [2.75, 3.05) is 13.3 Å². The van der Waals surface area contributed by atoms with Gasteiger partial charge in [-0.15, -0.1) is 0 Å². The minimum atomic E-state index is 0.0306. The number of ether oxygens (including phenoxy) is 1. The molecule has 0 unspecified atom stereocenters. The normalized spacial score (nSPS) is 15.8. The van der Waals surface area contributed by atoms with Crippen LogP contribution in [-0.2, 0) is 12.8 Å². The Morgan fingerprint density at radius 3 is 2.96 bits per heavy atom. The molecule has 0 amide bonds. The third-order valence-corrected chi connectivity index (χ3v) is 5.15. The van der Waals surface area contributed by atoms with Gasteiger partial charge in [-0.05, 0) is 73.0 Å². The van der Waals surface area contributed by atoms with Crippen LogP contribution in [0.3, 0.4) is 0 Å². The first-order valence-electron chi connectivity index (χ1n) is 9.02. The lowest BCUT2D eigenvalue weighted by Crippen LogP contribution is -2.26. The maximum Gasteiger partial charge on any atom is 0.167 e. The van der Waals surface area contributed by atoms with Gasteiger partial charge in [0.1, 0.15) is 5.75 Å². The van der Waals surface area contributed by atoms with Gasteiger partial charge in [0, 0.05) is 16.0 Å². The lowest BCUT2D eigenvalue weighted by Gasteiger charge is -2.28. The van der Waals surface area contributed by atoms with Crippen molar-refractivity contribution in [1.29, 1.82) is 0 Å². The number of hydrogen-bond acceptors (Lipinski definition) is 3. The monoisotopic (exact) mass is 370 g/mol. The molecule has 0 saturated heterocycles. The lowest BCUT2D eigenvalue weighted by molar-refractivity contribution is 0.321. The molecule has 26 heavy (non-hydrogen) atoms. The molecule has 136 valence electrons. The molecule has 6 heteroatoms. The van der Waals surface area contributed by atoms with Crippen LogP contribution in [0.25, 0.3) is 10.4 Å². The highest BCUT2D eigenvalue weighted by atomic mass is 35.5. The fourth-order valence-corrected chi connectivity index (χ4v) is 3.77. The summed E-state index contributed by atoms with van der Waals surface area (Å²) in [6, 6.07) is 14.5. The molecule has 1 aliphatic rings. The van der Waals surface area contributed by atoms with Crippen LogP contribution in [0.15, 0.2) is 47.6 Å². The third-order valence-electron chi connectivity index (χ3n) is 4.78. The molecule has 2 aromatic carbocycles. The van der Waals surface area contributed by atoms with Crippen LogP contribution in [0.2, 0.25) is 5.02 Å². The summed E-state index contributed by atoms with van der Waals surface area (Å²) in [7, 11) is 0. The smallest absolute Gasteiger partial charge is 0.167 e. The second kappa shape index (κ2) is 9.48. The average molecular weight is 371 g/mol. The number of nitrogens with one attached hydrogen (secondary N) is 1. The molecule has 0 fully saturated rings. The predicted molar refractivity (Wildman–Crippen MR) is 105 cm³/mol. The van der Waals surface area contributed by atoms with Gasteiger partial charge < -0.3 is 10.1 Å². The first kappa shape index (κ1) is 18.6. The molecular weight excluding hydrogens is 348 g/mol. The quantitative estimate of drug-likeness (QED) is 0.285. The van der Waals surface area contributed by atoms with Crippen molar-refractivity contribution in [1.82, 2.24) is 5.32 Å². The average Bonchev–Trinajstić information content (AvgIpc) is 2.67. The summed E-state index contributed by atoms with van der Waals surface area (Å²) in [5.41, 5.74) is 12.1. The number of fused-ring (bicyclic) bond motifs is 1. The number of benzene rings is 2. The number of rotatable bonds is 8. The Morgan fingerprint density at radius 1 is 1.23 bits per heavy atom. The zero-order chi connectivity index (χ0) is 18.2. The Morgan fingerprint density at radius 2 is 2.12 bits per heavy atom. The molecule has 1 atom stereocenters. The Balaban J connectivity index is 1.58. The number of halogens is 1. The van der Waals surface area contributed by atoms with Gasteiger partial charge in [0.05, 0.1) is 0 Å². The second-order valence-corrected chi connectivity index (χ2v) is 6.83. The molecule has 0 aliphatic heterocycles. The number of nitrogens with zero attached hydrogens (tertiary/aromatic N) is 3. The van der Waals surface area contributed by atoms with Crippen LogP contribution in [0.4, 0.5) is 0 Å². The van der Waals surface area contributed by atoms with Crippen molar-refractivity contribution in [3.63, 3.8) is 0 Å². The zero-order valence-electron chi connectivity index (χ0n) is 14.7. The number of aryl methyl sites for hydroxylation is 1. The van der Waals surface area contributed by atoms with E-state index in [9.17, 15) is 0 Å². The Kier molecular flexibility index (Phi) is 6.78. The fourth-order valence-electron chi connectivity index (χ4n) is 3.54. The van der Waals surface area contributed by atoms with Crippen molar-refractivity contribution >= 4 is 11.6 Å². The summed E-state index contributed by atoms with van der Waals surface area (Å²) < 4.78 is 5.63. The van der Waals surface area contributed by atoms with Crippen molar-refractivity contribution in [3.05, 3.63) is 74.6 Å². The summed E-state index contributed by atoms with van der Waals surface area (Å²) in [4.78, 5) is 2.74. The Bertz CT molecular complexity index is 789. The van der Waals surface area contributed by atoms with Gasteiger partial charge in [-0.2, -0.15) is 0 Å². The van der Waals surface area contributed by atoms with Crippen molar-refractivity contribution < 1.29 is 4.74 Å². The molecule has 1 N–H and O–H groups in total. The van der Waals surface area contributed by atoms with E-state index in [0.29, 0.717) is 6.04 Å². The predicted octanol–water partition coefficient (Wildman–Crippen LogP) is 5.59. The van der Waals surface area contributed by atoms with Crippen LogP contribution in [0.5, 0.6) is 5.75 Å². The molecule has 0 bridgehead atoms. The summed E-state index contributed by atoms with van der Waals surface area (Å²) in [5.74, 6) is 0.831. The highest BCUT2D eigenvalue weighted by Gasteiger charge is 2.22. The molecular formula is C20H23ClN4O. The number of azide groups is 1. The number of hydrogen-bond donors (Lipinski definition) is 1. The van der Waals surface area contributed by atoms with E-state index in [4.69, 9.17) is 21.9 Å². The standard InChI is InChI=1S/C20H23ClN4O/c21-18-10-2-1-6-15(18)7-5-13-23-19-11-3-9-17-16(19)8-4-12-20(17)26-14-24-25-22/h1-2,4,6,8,10,12,19,23H,3,5,7,9,11,13-14H2/t19-/m1/s1. The van der Waals surface area contributed by atoms with E-state index < -0.39 is 0 Å². The van der Waals surface area contributed by atoms with Crippen LogP contribution in [-0.4, -0.2) is 13.3 Å². The van der Waals surface area contributed by atoms with E-state index in [-0.39, 0.29) is 6.73 Å². The summed E-state index contributed by atoms with van der Waals surface area (Å²) in [5, 5.41) is 7.99. The largest absolute Gasteiger partial charge is 0.487 e. The van der Waals surface area contributed by atoms with Crippen LogP contribution < -0.4 is 10.1 Å². The van der Waals surface area contributed by atoms with E-state index in [1.807, 2.05) is 30.3 Å². The molecule has 0 saturated carbocycles. The van der Waals surface area contributed by atoms with Crippen LogP contribution >= 0.6 is 11.6 Å². The van der Waals surface area contributed by atoms with E-state index in [1.54, 1.807) is 0 Å². The van der Waals surface area contributed by atoms with Gasteiger partial charge in [-0.25, -0.2) is 0 Å². The minimum Gasteiger partial charge on any atom is -0.487 e. The van der Waals surface area contributed by atoms with Gasteiger partial charge in [0.2, 0.25) is 0 Å². The fraction of sp³-hybridized carbons (Fsp3) is 0.400. The van der Waals surface area contributed by atoms with Gasteiger partial charge in [0.25, 0.3) is 0 Å². The van der Waals surface area contributed by atoms with E-state index in [2.05, 4.69) is 27.5 Å². The summed E-state index contributed by atoms with van der Waals surface area (Å²) in [6.07, 6.45) is 5.26. The molecule has 2 aromatic rings. The first-order valence-corrected chi connectivity index (χ1v) is 9.39. The highest BCUT2D eigenvalue weighted by molar-refractivity contribution is 6.31. The van der Waals surface area contributed by atoms with Crippen molar-refractivity contribution in [2.24, 2.45) is 5.11 Å². The maximum atomic E-state index is 8.40. The molecule has 0 aromatic heterocycles. The molecule has 3 rings (SSSR count). The highest BCUT2D eigenvalue weighted by Crippen LogP contribution is 2.35. The van der Waals surface area contributed by atoms with E-state index >= 15 is 0 Å². The molecule has 1 aliphatic carbocycles. The van der Waals surface area contributed by atoms with Gasteiger partial charge >= 0.3 is 0 Å². The zero-order valence-corrected chi connectivity index (χ0v) is 15.5. The molecule has 0 spiro atoms. The SMILES string of the molecule is [N-]=[N+]=NCOc1cccc2c1CCC[C@H]2NCCCc1ccccc1Cl. The molecule has 0 radical (unpaired) electrons. The van der Waals surface area contributed by atoms with Crippen LogP contribution in [0.1, 0.15) is 42.0 Å². The van der Waals surface area contributed by atoms with Gasteiger partial charge in [-0.3, -0.25) is 0 Å². The second-order valence-electron chi connectivity index (χ2n) is 6.42. The van der Waals surface area contributed by atoms with Crippen LogP contribution in [0, 0.1) is 0 Å². The molecule has 5 nitrogen and oxygen atoms in total. The van der Waals surface area contributed by atoms with Crippen molar-refractivity contribution in [3.8, 4) is 5.75 Å². The topological polar surface area (TPSA) is 70.0 Å². The van der Waals surface area contributed by atoms with Gasteiger partial charge in [-0.1, -0.05) is 47.0 Å². The maximum absolute atomic E-state index is 8.40. The summed E-state index contributed by atoms with van der Waals surface area (Å²) in [6.45, 7) is 0.974. The van der Waals surface area contributed by atoms with E-state index in [0.717, 1.165) is 49.4 Å². The first-order chi connectivity index (χ1) is 12.8. The Hall–Kier alpha value is -2.20. The van der Waals surface area contributed by atoms with E-state index in [1.165, 1.54) is 16.7 Å². The van der Waals surface area contributed by atoms with Gasteiger partial charge in [0.15, 0.2) is 6.73 Å². The summed E-state index contributed by atoms with van der Waals surface area (Å²) >= 11 is 6.22.